The summed E-state index contributed by atoms with van der Waals surface area (Å²) in [6, 6.07) is 0. The van der Waals surface area contributed by atoms with Crippen molar-refractivity contribution in [1.29, 1.82) is 0 Å². The molecule has 0 aromatic heterocycles. The lowest BCUT2D eigenvalue weighted by atomic mass is 9.46. The summed E-state index contributed by atoms with van der Waals surface area (Å²) in [5.74, 6) is 3.80. The maximum Gasteiger partial charge on any atom is 0.0942 e. The molecule has 4 aliphatic carbocycles. The van der Waals surface area contributed by atoms with E-state index in [0.29, 0.717) is 11.3 Å². The predicted molar refractivity (Wildman–Crippen MR) is 131 cm³/mol. The Bertz CT molecular complexity index is 722. The van der Waals surface area contributed by atoms with Gasteiger partial charge in [0.2, 0.25) is 0 Å². The molecule has 9 unspecified atom stereocenters. The first kappa shape index (κ1) is 24.7. The fourth-order valence-corrected chi connectivity index (χ4v) is 9.14. The summed E-state index contributed by atoms with van der Waals surface area (Å²) in [5.41, 5.74) is 0.889. The number of allylic oxidation sites excluding steroid dienone is 1. The molecule has 0 radical (unpaired) electrons. The van der Waals surface area contributed by atoms with Gasteiger partial charge in [0.05, 0.1) is 17.3 Å². The van der Waals surface area contributed by atoms with Gasteiger partial charge < -0.3 is 14.9 Å². The molecule has 0 amide bonds. The fourth-order valence-electron chi connectivity index (χ4n) is 9.14. The summed E-state index contributed by atoms with van der Waals surface area (Å²) >= 11 is 0. The van der Waals surface area contributed by atoms with Gasteiger partial charge in [-0.25, -0.2) is 0 Å². The summed E-state index contributed by atoms with van der Waals surface area (Å²) in [6.45, 7) is 13.6. The highest BCUT2D eigenvalue weighted by Gasteiger charge is 2.61. The maximum absolute atomic E-state index is 11.3. The number of fused-ring (bicyclic) bond motifs is 5. The molecule has 0 aliphatic heterocycles. The zero-order valence-electron chi connectivity index (χ0n) is 21.9. The van der Waals surface area contributed by atoms with Gasteiger partial charge >= 0.3 is 0 Å². The fraction of sp³-hybridized carbons (Fsp3) is 0.931. The van der Waals surface area contributed by atoms with Crippen molar-refractivity contribution in [1.82, 2.24) is 0 Å². The molecule has 0 aromatic carbocycles. The van der Waals surface area contributed by atoms with Crippen LogP contribution in [0.1, 0.15) is 106 Å². The van der Waals surface area contributed by atoms with Crippen LogP contribution in [0.3, 0.4) is 0 Å². The lowest BCUT2D eigenvalue weighted by Gasteiger charge is -2.60. The Balaban J connectivity index is 1.55. The molecule has 0 aromatic rings. The van der Waals surface area contributed by atoms with Gasteiger partial charge in [0.15, 0.2) is 0 Å². The van der Waals surface area contributed by atoms with Gasteiger partial charge in [0.1, 0.15) is 0 Å². The Morgan fingerprint density at radius 2 is 1.91 bits per heavy atom. The average Bonchev–Trinajstić information content (AvgIpc) is 3.09. The standard InChI is InChI=1S/C29H50O3/c1-8-29(31)17-20-9-10-21-23-12-11-22(19(2)13-15-26(3,4)30)27(23,5)16-14-24(21)28(20,6)18-25(29)32-7/h9,19,21-25,30-31H,8,10-18H2,1-7H3. The third-order valence-corrected chi connectivity index (χ3v) is 11.2. The number of hydrogen-bond acceptors (Lipinski definition) is 3. The van der Waals surface area contributed by atoms with Crippen LogP contribution >= 0.6 is 0 Å². The minimum Gasteiger partial charge on any atom is -0.390 e. The van der Waals surface area contributed by atoms with E-state index >= 15 is 0 Å². The summed E-state index contributed by atoms with van der Waals surface area (Å²) < 4.78 is 5.90. The third kappa shape index (κ3) is 3.93. The second-order valence-corrected chi connectivity index (χ2v) is 13.4. The SMILES string of the molecule is CCC1(O)CC2=CCC3C(CCC4(C)C(C(C)CCC(C)(C)O)CCC34)C2(C)CC1OC. The van der Waals surface area contributed by atoms with E-state index in [1.807, 2.05) is 13.8 Å². The van der Waals surface area contributed by atoms with Gasteiger partial charge in [-0.3, -0.25) is 0 Å². The van der Waals surface area contributed by atoms with Gasteiger partial charge in [0.25, 0.3) is 0 Å². The largest absolute Gasteiger partial charge is 0.390 e. The molecule has 3 nitrogen and oxygen atoms in total. The van der Waals surface area contributed by atoms with E-state index in [4.69, 9.17) is 4.74 Å². The average molecular weight is 447 g/mol. The molecular weight excluding hydrogens is 396 g/mol. The van der Waals surface area contributed by atoms with Crippen molar-refractivity contribution in [3.8, 4) is 0 Å². The van der Waals surface area contributed by atoms with Crippen LogP contribution in [0.15, 0.2) is 11.6 Å². The van der Waals surface area contributed by atoms with E-state index < -0.39 is 11.2 Å². The quantitative estimate of drug-likeness (QED) is 0.457. The van der Waals surface area contributed by atoms with Crippen molar-refractivity contribution in [2.24, 2.45) is 40.4 Å². The molecule has 3 heteroatoms. The number of methoxy groups -OCH3 is 1. The van der Waals surface area contributed by atoms with Crippen molar-refractivity contribution >= 4 is 0 Å². The lowest BCUT2D eigenvalue weighted by molar-refractivity contribution is -0.148. The summed E-state index contributed by atoms with van der Waals surface area (Å²) in [7, 11) is 1.79. The smallest absolute Gasteiger partial charge is 0.0942 e. The first-order chi connectivity index (χ1) is 14.9. The molecule has 0 heterocycles. The predicted octanol–water partition coefficient (Wildman–Crippen LogP) is 6.52. The molecule has 0 bridgehead atoms. The summed E-state index contributed by atoms with van der Waals surface area (Å²) in [4.78, 5) is 0. The van der Waals surface area contributed by atoms with Crippen LogP contribution in [0.4, 0.5) is 0 Å². The third-order valence-electron chi connectivity index (χ3n) is 11.2. The summed E-state index contributed by atoms with van der Waals surface area (Å²) in [5, 5.41) is 21.6. The summed E-state index contributed by atoms with van der Waals surface area (Å²) in [6.07, 6.45) is 13.7. The van der Waals surface area contributed by atoms with E-state index in [0.717, 1.165) is 55.8 Å². The minimum absolute atomic E-state index is 0.0557. The van der Waals surface area contributed by atoms with E-state index in [1.54, 1.807) is 7.11 Å². The number of hydrogen-bond donors (Lipinski definition) is 2. The van der Waals surface area contributed by atoms with Crippen LogP contribution < -0.4 is 0 Å². The molecule has 0 spiro atoms. The Kier molecular flexibility index (Phi) is 6.48. The van der Waals surface area contributed by atoms with E-state index in [9.17, 15) is 10.2 Å². The van der Waals surface area contributed by atoms with Gasteiger partial charge in [-0.05, 0) is 112 Å². The maximum atomic E-state index is 11.3. The number of aliphatic hydroxyl groups is 2. The first-order valence-corrected chi connectivity index (χ1v) is 13.5. The zero-order chi connectivity index (χ0) is 23.5. The van der Waals surface area contributed by atoms with E-state index in [2.05, 4.69) is 33.8 Å². The van der Waals surface area contributed by atoms with Crippen molar-refractivity contribution in [3.05, 3.63) is 11.6 Å². The van der Waals surface area contributed by atoms with Crippen molar-refractivity contribution in [3.63, 3.8) is 0 Å². The Labute approximate surface area is 197 Å². The molecule has 3 saturated carbocycles. The number of ether oxygens (including phenoxy) is 1. The molecule has 3 fully saturated rings. The molecule has 9 atom stereocenters. The Morgan fingerprint density at radius 1 is 1.19 bits per heavy atom. The molecule has 184 valence electrons. The van der Waals surface area contributed by atoms with Gasteiger partial charge in [-0.15, -0.1) is 0 Å². The molecule has 2 N–H and O–H groups in total. The van der Waals surface area contributed by atoms with E-state index in [1.165, 1.54) is 37.7 Å². The van der Waals surface area contributed by atoms with Crippen LogP contribution in [-0.2, 0) is 4.74 Å². The molecule has 32 heavy (non-hydrogen) atoms. The van der Waals surface area contributed by atoms with Crippen molar-refractivity contribution in [2.75, 3.05) is 7.11 Å². The van der Waals surface area contributed by atoms with Crippen LogP contribution in [0, 0.1) is 40.4 Å². The minimum atomic E-state index is -0.704. The highest BCUT2D eigenvalue weighted by Crippen LogP contribution is 2.68. The van der Waals surface area contributed by atoms with Gasteiger partial charge in [-0.1, -0.05) is 39.3 Å². The van der Waals surface area contributed by atoms with Crippen LogP contribution in [0.5, 0.6) is 0 Å². The molecule has 4 aliphatic rings. The Hall–Kier alpha value is -0.380. The van der Waals surface area contributed by atoms with E-state index in [-0.39, 0.29) is 11.5 Å². The highest BCUT2D eigenvalue weighted by molar-refractivity contribution is 5.28. The normalized spacial score (nSPS) is 47.3. The highest BCUT2D eigenvalue weighted by atomic mass is 16.5. The molecule has 4 rings (SSSR count). The first-order valence-electron chi connectivity index (χ1n) is 13.5. The molecule has 0 saturated heterocycles. The Morgan fingerprint density at radius 3 is 2.53 bits per heavy atom. The second-order valence-electron chi connectivity index (χ2n) is 13.4. The molecular formula is C29H50O3. The van der Waals surface area contributed by atoms with Crippen molar-refractivity contribution < 1.29 is 14.9 Å². The topological polar surface area (TPSA) is 49.7 Å². The number of rotatable bonds is 6. The van der Waals surface area contributed by atoms with Gasteiger partial charge in [-0.2, -0.15) is 0 Å². The zero-order valence-corrected chi connectivity index (χ0v) is 21.9. The van der Waals surface area contributed by atoms with Gasteiger partial charge in [0, 0.05) is 13.5 Å². The van der Waals surface area contributed by atoms with Crippen LogP contribution in [0.25, 0.3) is 0 Å². The monoisotopic (exact) mass is 446 g/mol. The second kappa shape index (κ2) is 8.38. The van der Waals surface area contributed by atoms with Crippen LogP contribution in [0.2, 0.25) is 0 Å². The van der Waals surface area contributed by atoms with Crippen molar-refractivity contribution in [2.45, 2.75) is 123 Å². The lowest BCUT2D eigenvalue weighted by Crippen LogP contribution is -2.57. The van der Waals surface area contributed by atoms with Crippen LogP contribution in [-0.4, -0.2) is 34.6 Å².